The first-order valence-electron chi connectivity index (χ1n) is 7.19. The van der Waals surface area contributed by atoms with E-state index in [-0.39, 0.29) is 16.3 Å². The molecule has 0 radical (unpaired) electrons. The molecule has 0 saturated heterocycles. The third kappa shape index (κ3) is 3.57. The second kappa shape index (κ2) is 7.33. The Hall–Kier alpha value is -2.37. The number of carbonyl (C=O) groups excluding carboxylic acids is 1. The Balaban J connectivity index is 2.79. The summed E-state index contributed by atoms with van der Waals surface area (Å²) in [5.74, 6) is -2.97. The fourth-order valence-electron chi connectivity index (χ4n) is 2.40. The number of carbonyl (C=O) groups is 1. The number of methoxy groups -OCH3 is 1. The van der Waals surface area contributed by atoms with Gasteiger partial charge in [-0.2, -0.15) is 13.2 Å². The monoisotopic (exact) mass is 423 g/mol. The van der Waals surface area contributed by atoms with Crippen LogP contribution in [0.3, 0.4) is 0 Å². The molecule has 0 bridgehead atoms. The summed E-state index contributed by atoms with van der Waals surface area (Å²) in [6, 6.07) is 6.34. The number of aromatic nitrogens is 2. The molecule has 0 spiro atoms. The molecule has 1 unspecified atom stereocenters. The predicted octanol–water partition coefficient (Wildman–Crippen LogP) is 2.11. The minimum Gasteiger partial charge on any atom is -0.466 e. The summed E-state index contributed by atoms with van der Waals surface area (Å²) in [7, 11) is 0.628. The van der Waals surface area contributed by atoms with E-state index in [0.717, 1.165) is 4.57 Å². The highest BCUT2D eigenvalue weighted by molar-refractivity contribution is 7.71. The molecule has 1 heterocycles. The van der Waals surface area contributed by atoms with Gasteiger partial charge in [0.2, 0.25) is 0 Å². The van der Waals surface area contributed by atoms with Gasteiger partial charge >= 0.3 is 12.1 Å². The van der Waals surface area contributed by atoms with Crippen molar-refractivity contribution in [1.29, 1.82) is 0 Å². The highest BCUT2D eigenvalue weighted by atomic mass is 35.5. The second-order valence-corrected chi connectivity index (χ2v) is 6.19. The van der Waals surface area contributed by atoms with Gasteiger partial charge in [-0.3, -0.25) is 9.78 Å². The molecule has 0 aliphatic rings. The van der Waals surface area contributed by atoms with E-state index in [2.05, 4.69) is 4.74 Å². The molecule has 1 aromatic heterocycles. The zero-order chi connectivity index (χ0) is 20.6. The minimum absolute atomic E-state index is 0.219. The molecular weight excluding hydrogens is 411 g/mol. The molecule has 146 valence electrons. The zero-order valence-corrected chi connectivity index (χ0v) is 15.2. The van der Waals surface area contributed by atoms with E-state index in [1.165, 1.54) is 6.07 Å². The summed E-state index contributed by atoms with van der Waals surface area (Å²) in [5.41, 5.74) is -1.05. The van der Waals surface area contributed by atoms with Crippen molar-refractivity contribution in [2.24, 2.45) is 0 Å². The van der Waals surface area contributed by atoms with Crippen molar-refractivity contribution in [3.63, 3.8) is 0 Å². The van der Waals surface area contributed by atoms with Gasteiger partial charge in [-0.05, 0) is 23.8 Å². The van der Waals surface area contributed by atoms with E-state index in [1.54, 1.807) is 18.2 Å². The maximum atomic E-state index is 13.5. The highest BCUT2D eigenvalue weighted by Gasteiger charge is 2.64. The van der Waals surface area contributed by atoms with Crippen LogP contribution in [0.2, 0.25) is 5.02 Å². The van der Waals surface area contributed by atoms with Crippen LogP contribution in [0.1, 0.15) is 11.1 Å². The number of rotatable bonds is 4. The molecule has 1 atom stereocenters. The van der Waals surface area contributed by atoms with Crippen LogP contribution in [0.5, 0.6) is 0 Å². The molecular formula is C15H13ClF3N3O4S. The lowest BCUT2D eigenvalue weighted by atomic mass is 9.94. The van der Waals surface area contributed by atoms with E-state index in [0.29, 0.717) is 12.7 Å². The molecule has 0 fully saturated rings. The number of esters is 1. The van der Waals surface area contributed by atoms with E-state index in [9.17, 15) is 27.9 Å². The van der Waals surface area contributed by atoms with Gasteiger partial charge in [0.1, 0.15) is 11.4 Å². The van der Waals surface area contributed by atoms with Crippen LogP contribution in [-0.2, 0) is 21.7 Å². The van der Waals surface area contributed by atoms with Crippen molar-refractivity contribution >= 4 is 35.6 Å². The van der Waals surface area contributed by atoms with Crippen LogP contribution in [0.15, 0.2) is 29.1 Å². The summed E-state index contributed by atoms with van der Waals surface area (Å²) in [6.07, 6.45) is -5.59. The number of ether oxygens (including phenoxy) is 1. The van der Waals surface area contributed by atoms with Crippen molar-refractivity contribution in [2.75, 3.05) is 12.8 Å². The first kappa shape index (κ1) is 20.9. The second-order valence-electron chi connectivity index (χ2n) is 5.40. The Morgan fingerprint density at radius 2 is 2.00 bits per heavy atom. The summed E-state index contributed by atoms with van der Waals surface area (Å²) >= 11 is 11.0. The van der Waals surface area contributed by atoms with Crippen LogP contribution in [0, 0.1) is 4.77 Å². The highest BCUT2D eigenvalue weighted by Crippen LogP contribution is 2.40. The number of benzene rings is 1. The number of hydrogen-bond donors (Lipinski definition) is 3. The van der Waals surface area contributed by atoms with Crippen molar-refractivity contribution in [3.05, 3.63) is 55.5 Å². The van der Waals surface area contributed by atoms with Gasteiger partial charge in [-0.15, -0.1) is 0 Å². The molecule has 0 amide bonds. The number of aliphatic hydroxyl groups is 1. The molecule has 12 heteroatoms. The molecule has 7 nitrogen and oxygen atoms in total. The number of H-pyrrole nitrogens is 1. The standard InChI is InChI=1S/C15H13ClF3N3O4S/c1-26-12(24)14(25,15(17,18)19)9-10(20)22(13(27)21-11(9)23)6-7-4-2-3-5-8(7)16/h2-5,25H,6,20H2,1H3,(H,21,23,27). The first-order chi connectivity index (χ1) is 12.4. The van der Waals surface area contributed by atoms with E-state index >= 15 is 0 Å². The molecule has 2 rings (SSSR count). The van der Waals surface area contributed by atoms with Crippen LogP contribution >= 0.6 is 23.8 Å². The van der Waals surface area contributed by atoms with Gasteiger partial charge in [-0.1, -0.05) is 29.8 Å². The average Bonchev–Trinajstić information content (AvgIpc) is 2.57. The molecule has 4 N–H and O–H groups in total. The quantitative estimate of drug-likeness (QED) is 0.513. The van der Waals surface area contributed by atoms with Crippen LogP contribution < -0.4 is 11.3 Å². The number of aromatic amines is 1. The Bertz CT molecular complexity index is 1010. The maximum Gasteiger partial charge on any atom is 0.432 e. The number of nitrogens with one attached hydrogen (secondary N) is 1. The third-order valence-corrected chi connectivity index (χ3v) is 4.47. The Kier molecular flexibility index (Phi) is 5.68. The molecule has 0 aliphatic carbocycles. The SMILES string of the molecule is COC(=O)C(O)(c1c(N)n(Cc2ccccc2Cl)c(=S)[nH]c1=O)C(F)(F)F. The zero-order valence-electron chi connectivity index (χ0n) is 13.6. The van der Waals surface area contributed by atoms with Crippen LogP contribution in [-0.4, -0.2) is 33.9 Å². The van der Waals surface area contributed by atoms with Crippen molar-refractivity contribution in [1.82, 2.24) is 9.55 Å². The van der Waals surface area contributed by atoms with E-state index in [4.69, 9.17) is 29.6 Å². The van der Waals surface area contributed by atoms with Crippen molar-refractivity contribution < 1.29 is 27.8 Å². The normalized spacial score (nSPS) is 13.9. The number of nitrogens with zero attached hydrogens (tertiary/aromatic N) is 1. The van der Waals surface area contributed by atoms with Gasteiger partial charge < -0.3 is 20.1 Å². The van der Waals surface area contributed by atoms with Gasteiger partial charge in [0, 0.05) is 5.02 Å². The lowest BCUT2D eigenvalue weighted by Crippen LogP contribution is -2.53. The number of halogens is 4. The molecule has 0 saturated carbocycles. The number of anilines is 1. The Labute approximate surface area is 160 Å². The molecule has 0 aliphatic heterocycles. The molecule has 2 aromatic rings. The summed E-state index contributed by atoms with van der Waals surface area (Å²) in [4.78, 5) is 25.8. The summed E-state index contributed by atoms with van der Waals surface area (Å²) < 4.78 is 45.1. The summed E-state index contributed by atoms with van der Waals surface area (Å²) in [6.45, 7) is -0.219. The van der Waals surface area contributed by atoms with E-state index < -0.39 is 34.7 Å². The van der Waals surface area contributed by atoms with Crippen molar-refractivity contribution in [2.45, 2.75) is 18.3 Å². The summed E-state index contributed by atoms with van der Waals surface area (Å²) in [5, 5.41) is 10.4. The number of hydrogen-bond acceptors (Lipinski definition) is 6. The third-order valence-electron chi connectivity index (χ3n) is 3.78. The topological polar surface area (TPSA) is 110 Å². The number of alkyl halides is 3. The first-order valence-corrected chi connectivity index (χ1v) is 7.97. The van der Waals surface area contributed by atoms with Gasteiger partial charge in [-0.25, -0.2) is 4.79 Å². The minimum atomic E-state index is -5.59. The van der Waals surface area contributed by atoms with Crippen LogP contribution in [0.25, 0.3) is 0 Å². The Morgan fingerprint density at radius 3 is 2.52 bits per heavy atom. The smallest absolute Gasteiger partial charge is 0.432 e. The van der Waals surface area contributed by atoms with Crippen LogP contribution in [0.4, 0.5) is 19.0 Å². The van der Waals surface area contributed by atoms with E-state index in [1.807, 2.05) is 4.98 Å². The largest absolute Gasteiger partial charge is 0.466 e. The average molecular weight is 424 g/mol. The number of nitrogen functional groups attached to an aromatic ring is 1. The van der Waals surface area contributed by atoms with Gasteiger partial charge in [0.05, 0.1) is 13.7 Å². The van der Waals surface area contributed by atoms with Gasteiger partial charge in [0.25, 0.3) is 11.2 Å². The van der Waals surface area contributed by atoms with Gasteiger partial charge in [0.15, 0.2) is 4.77 Å². The lowest BCUT2D eigenvalue weighted by molar-refractivity contribution is -0.267. The molecule has 1 aromatic carbocycles. The van der Waals surface area contributed by atoms with Crippen molar-refractivity contribution in [3.8, 4) is 0 Å². The fourth-order valence-corrected chi connectivity index (χ4v) is 2.85. The maximum absolute atomic E-state index is 13.5. The predicted molar refractivity (Wildman–Crippen MR) is 92.8 cm³/mol. The molecule has 27 heavy (non-hydrogen) atoms. The Morgan fingerprint density at radius 1 is 1.41 bits per heavy atom. The number of nitrogens with two attached hydrogens (primary N) is 1. The lowest BCUT2D eigenvalue weighted by Gasteiger charge is -2.29. The fraction of sp³-hybridized carbons (Fsp3) is 0.267.